The number of halogens is 1. The van der Waals surface area contributed by atoms with Gasteiger partial charge in [0.05, 0.1) is 6.10 Å². The Bertz CT molecular complexity index is 340. The fraction of sp³-hybridized carbons (Fsp3) is 0.571. The van der Waals surface area contributed by atoms with Crippen molar-refractivity contribution in [3.8, 4) is 0 Å². The lowest BCUT2D eigenvalue weighted by atomic mass is 10.2. The standard InChI is InChI=1S/C14H23ClN2O/c1-11(2)16-8-14(18)10-17(3)9-12-4-6-13(15)7-5-12/h4-7,11,14,16,18H,8-10H2,1-3H3. The van der Waals surface area contributed by atoms with Gasteiger partial charge in [0.1, 0.15) is 0 Å². The molecule has 0 saturated carbocycles. The first kappa shape index (κ1) is 15.4. The lowest BCUT2D eigenvalue weighted by Gasteiger charge is -2.21. The zero-order valence-corrected chi connectivity index (χ0v) is 12.1. The Kier molecular flexibility index (Phi) is 6.65. The van der Waals surface area contributed by atoms with E-state index in [0.717, 1.165) is 11.6 Å². The van der Waals surface area contributed by atoms with Crippen LogP contribution in [0.25, 0.3) is 0 Å². The van der Waals surface area contributed by atoms with Crippen molar-refractivity contribution >= 4 is 11.6 Å². The molecule has 0 heterocycles. The van der Waals surface area contributed by atoms with Crippen molar-refractivity contribution in [1.82, 2.24) is 10.2 Å². The van der Waals surface area contributed by atoms with E-state index in [1.807, 2.05) is 31.3 Å². The molecule has 0 amide bonds. The normalized spacial score (nSPS) is 13.3. The third kappa shape index (κ3) is 6.36. The molecule has 4 heteroatoms. The van der Waals surface area contributed by atoms with E-state index >= 15 is 0 Å². The van der Waals surface area contributed by atoms with Crippen molar-refractivity contribution in [1.29, 1.82) is 0 Å². The summed E-state index contributed by atoms with van der Waals surface area (Å²) in [5.74, 6) is 0. The fourth-order valence-electron chi connectivity index (χ4n) is 1.76. The summed E-state index contributed by atoms with van der Waals surface area (Å²) in [7, 11) is 2.01. The van der Waals surface area contributed by atoms with Gasteiger partial charge in [-0.15, -0.1) is 0 Å². The molecule has 0 aliphatic heterocycles. The second kappa shape index (κ2) is 7.74. The average molecular weight is 271 g/mol. The zero-order valence-electron chi connectivity index (χ0n) is 11.4. The van der Waals surface area contributed by atoms with E-state index in [1.165, 1.54) is 5.56 Å². The van der Waals surface area contributed by atoms with Gasteiger partial charge in [-0.25, -0.2) is 0 Å². The first-order valence-electron chi connectivity index (χ1n) is 6.32. The maximum atomic E-state index is 9.87. The summed E-state index contributed by atoms with van der Waals surface area (Å²) in [5, 5.41) is 13.8. The molecule has 0 aliphatic rings. The number of hydrogen-bond donors (Lipinski definition) is 2. The molecular weight excluding hydrogens is 248 g/mol. The quantitative estimate of drug-likeness (QED) is 0.797. The summed E-state index contributed by atoms with van der Waals surface area (Å²) in [6.45, 7) is 6.25. The van der Waals surface area contributed by atoms with Crippen molar-refractivity contribution in [2.75, 3.05) is 20.1 Å². The molecule has 0 spiro atoms. The molecule has 1 atom stereocenters. The highest BCUT2D eigenvalue weighted by Crippen LogP contribution is 2.10. The molecule has 18 heavy (non-hydrogen) atoms. The topological polar surface area (TPSA) is 35.5 Å². The molecule has 0 fully saturated rings. The molecule has 1 aromatic rings. The van der Waals surface area contributed by atoms with E-state index < -0.39 is 0 Å². The van der Waals surface area contributed by atoms with Gasteiger partial charge < -0.3 is 10.4 Å². The second-order valence-corrected chi connectivity index (χ2v) is 5.48. The van der Waals surface area contributed by atoms with Crippen LogP contribution in [0.3, 0.4) is 0 Å². The van der Waals surface area contributed by atoms with E-state index in [0.29, 0.717) is 19.1 Å². The molecule has 0 radical (unpaired) electrons. The van der Waals surface area contributed by atoms with Crippen molar-refractivity contribution in [2.45, 2.75) is 32.5 Å². The predicted octanol–water partition coefficient (Wildman–Crippen LogP) is 2.13. The molecule has 102 valence electrons. The highest BCUT2D eigenvalue weighted by Gasteiger charge is 2.09. The molecule has 1 unspecified atom stereocenters. The predicted molar refractivity (Wildman–Crippen MR) is 76.9 cm³/mol. The molecule has 1 rings (SSSR count). The molecule has 1 aromatic carbocycles. The number of nitrogens with one attached hydrogen (secondary N) is 1. The second-order valence-electron chi connectivity index (χ2n) is 5.04. The van der Waals surface area contributed by atoms with Crippen LogP contribution in [0.15, 0.2) is 24.3 Å². The maximum Gasteiger partial charge on any atom is 0.0791 e. The Morgan fingerprint density at radius 3 is 2.44 bits per heavy atom. The fourth-order valence-corrected chi connectivity index (χ4v) is 1.89. The summed E-state index contributed by atoms with van der Waals surface area (Å²) in [6.07, 6.45) is -0.343. The van der Waals surface area contributed by atoms with Gasteiger partial charge >= 0.3 is 0 Å². The number of nitrogens with zero attached hydrogens (tertiary/aromatic N) is 1. The number of rotatable bonds is 7. The minimum Gasteiger partial charge on any atom is -0.390 e. The molecule has 0 aliphatic carbocycles. The summed E-state index contributed by atoms with van der Waals surface area (Å²) < 4.78 is 0. The number of aliphatic hydroxyl groups is 1. The van der Waals surface area contributed by atoms with Crippen LogP contribution in [-0.2, 0) is 6.54 Å². The number of benzene rings is 1. The molecule has 2 N–H and O–H groups in total. The number of likely N-dealkylation sites (N-methyl/N-ethyl adjacent to an activating group) is 1. The molecule has 0 bridgehead atoms. The van der Waals surface area contributed by atoms with Gasteiger partial charge in [-0.2, -0.15) is 0 Å². The van der Waals surface area contributed by atoms with Crippen molar-refractivity contribution in [2.24, 2.45) is 0 Å². The van der Waals surface area contributed by atoms with Gasteiger partial charge in [0.15, 0.2) is 0 Å². The van der Waals surface area contributed by atoms with Crippen LogP contribution in [0.4, 0.5) is 0 Å². The highest BCUT2D eigenvalue weighted by atomic mass is 35.5. The van der Waals surface area contributed by atoms with E-state index in [-0.39, 0.29) is 6.10 Å². The van der Waals surface area contributed by atoms with Crippen LogP contribution in [-0.4, -0.2) is 42.3 Å². The minimum absolute atomic E-state index is 0.343. The highest BCUT2D eigenvalue weighted by molar-refractivity contribution is 6.30. The average Bonchev–Trinajstić information content (AvgIpc) is 2.29. The smallest absolute Gasteiger partial charge is 0.0791 e. The van der Waals surface area contributed by atoms with Crippen LogP contribution in [0, 0.1) is 0 Å². The Labute approximate surface area is 115 Å². The van der Waals surface area contributed by atoms with Gasteiger partial charge in [-0.05, 0) is 24.7 Å². The first-order chi connectivity index (χ1) is 8.47. The van der Waals surface area contributed by atoms with Crippen molar-refractivity contribution in [3.63, 3.8) is 0 Å². The Balaban J connectivity index is 2.32. The van der Waals surface area contributed by atoms with Gasteiger partial charge in [0, 0.05) is 30.7 Å². The Hall–Kier alpha value is -0.610. The maximum absolute atomic E-state index is 9.87. The van der Waals surface area contributed by atoms with E-state index in [2.05, 4.69) is 24.1 Å². The third-order valence-corrected chi connectivity index (χ3v) is 2.90. The van der Waals surface area contributed by atoms with Crippen LogP contribution in [0.1, 0.15) is 19.4 Å². The summed E-state index contributed by atoms with van der Waals surface area (Å²) >= 11 is 5.84. The number of aliphatic hydroxyl groups excluding tert-OH is 1. The monoisotopic (exact) mass is 270 g/mol. The summed E-state index contributed by atoms with van der Waals surface area (Å²) in [5.41, 5.74) is 1.20. The van der Waals surface area contributed by atoms with Gasteiger partial charge in [0.25, 0.3) is 0 Å². The van der Waals surface area contributed by atoms with Gasteiger partial charge in [0.2, 0.25) is 0 Å². The first-order valence-corrected chi connectivity index (χ1v) is 6.69. The van der Waals surface area contributed by atoms with Crippen LogP contribution in [0.2, 0.25) is 5.02 Å². The van der Waals surface area contributed by atoms with Crippen molar-refractivity contribution in [3.05, 3.63) is 34.9 Å². The largest absolute Gasteiger partial charge is 0.390 e. The lowest BCUT2D eigenvalue weighted by Crippen LogP contribution is -2.38. The zero-order chi connectivity index (χ0) is 13.5. The number of hydrogen-bond acceptors (Lipinski definition) is 3. The van der Waals surface area contributed by atoms with Crippen molar-refractivity contribution < 1.29 is 5.11 Å². The van der Waals surface area contributed by atoms with Crippen LogP contribution >= 0.6 is 11.6 Å². The minimum atomic E-state index is -0.343. The van der Waals surface area contributed by atoms with E-state index in [9.17, 15) is 5.11 Å². The van der Waals surface area contributed by atoms with Crippen LogP contribution < -0.4 is 5.32 Å². The lowest BCUT2D eigenvalue weighted by molar-refractivity contribution is 0.119. The molecule has 3 nitrogen and oxygen atoms in total. The van der Waals surface area contributed by atoms with Gasteiger partial charge in [-0.3, -0.25) is 4.90 Å². The Morgan fingerprint density at radius 2 is 1.89 bits per heavy atom. The van der Waals surface area contributed by atoms with Crippen LogP contribution in [0.5, 0.6) is 0 Å². The summed E-state index contributed by atoms with van der Waals surface area (Å²) in [6, 6.07) is 8.21. The third-order valence-electron chi connectivity index (χ3n) is 2.65. The molecule has 0 aromatic heterocycles. The van der Waals surface area contributed by atoms with E-state index in [1.54, 1.807) is 0 Å². The van der Waals surface area contributed by atoms with E-state index in [4.69, 9.17) is 11.6 Å². The van der Waals surface area contributed by atoms with Gasteiger partial charge in [-0.1, -0.05) is 37.6 Å². The SMILES string of the molecule is CC(C)NCC(O)CN(C)Cc1ccc(Cl)cc1. The molecule has 0 saturated heterocycles. The Morgan fingerprint density at radius 1 is 1.28 bits per heavy atom. The molecular formula is C14H23ClN2O. The summed E-state index contributed by atoms with van der Waals surface area (Å²) in [4.78, 5) is 2.11.